The third-order valence-corrected chi connectivity index (χ3v) is 4.54. The molecule has 0 saturated carbocycles. The molecule has 1 saturated heterocycles. The number of rotatable bonds is 3. The zero-order valence-corrected chi connectivity index (χ0v) is 13.0. The average Bonchev–Trinajstić information content (AvgIpc) is 2.81. The molecule has 20 heavy (non-hydrogen) atoms. The number of benzene rings is 1. The Balaban J connectivity index is 2.00. The number of nitrogens with zero attached hydrogens (tertiary/aromatic N) is 2. The third kappa shape index (κ3) is 2.49. The Hall–Kier alpha value is -1.28. The largest absolute Gasteiger partial charge is 0.344 e. The Kier molecular flexibility index (Phi) is 3.84. The summed E-state index contributed by atoms with van der Waals surface area (Å²) < 4.78 is 2.45. The summed E-state index contributed by atoms with van der Waals surface area (Å²) in [6.45, 7) is 10.4. The van der Waals surface area contributed by atoms with Gasteiger partial charge in [0.15, 0.2) is 0 Å². The summed E-state index contributed by atoms with van der Waals surface area (Å²) in [5.41, 5.74) is 4.31. The molecule has 1 aliphatic rings. The summed E-state index contributed by atoms with van der Waals surface area (Å²) >= 11 is 0. The smallest absolute Gasteiger partial charge is 0.0515 e. The van der Waals surface area contributed by atoms with E-state index in [1.54, 1.807) is 0 Å². The van der Waals surface area contributed by atoms with E-state index in [1.807, 2.05) is 0 Å². The normalized spacial score (nSPS) is 17.2. The Bertz CT molecular complexity index is 589. The first-order valence-corrected chi connectivity index (χ1v) is 7.98. The van der Waals surface area contributed by atoms with Crippen molar-refractivity contribution in [2.24, 2.45) is 0 Å². The molecule has 1 fully saturated rings. The Morgan fingerprint density at radius 3 is 2.55 bits per heavy atom. The van der Waals surface area contributed by atoms with Gasteiger partial charge in [0.1, 0.15) is 0 Å². The van der Waals surface area contributed by atoms with Crippen LogP contribution >= 0.6 is 0 Å². The summed E-state index contributed by atoms with van der Waals surface area (Å²) in [6, 6.07) is 7.24. The lowest BCUT2D eigenvalue weighted by molar-refractivity contribution is 0.221. The number of aromatic nitrogens is 1. The predicted molar refractivity (Wildman–Crippen MR) is 86.2 cm³/mol. The fourth-order valence-electron chi connectivity index (χ4n) is 3.45. The Labute approximate surface area is 122 Å². The van der Waals surface area contributed by atoms with Crippen LogP contribution in [0.4, 0.5) is 0 Å². The molecule has 0 amide bonds. The van der Waals surface area contributed by atoms with Gasteiger partial charge in [-0.1, -0.05) is 24.6 Å². The van der Waals surface area contributed by atoms with E-state index in [-0.39, 0.29) is 0 Å². The molecular weight excluding hydrogens is 244 g/mol. The monoisotopic (exact) mass is 270 g/mol. The quantitative estimate of drug-likeness (QED) is 0.796. The van der Waals surface area contributed by atoms with Crippen LogP contribution in [-0.2, 0) is 6.54 Å². The van der Waals surface area contributed by atoms with Gasteiger partial charge in [-0.25, -0.2) is 0 Å². The van der Waals surface area contributed by atoms with E-state index in [0.29, 0.717) is 6.04 Å². The number of aryl methyl sites for hydroxylation is 1. The van der Waals surface area contributed by atoms with Crippen LogP contribution in [-0.4, -0.2) is 22.6 Å². The van der Waals surface area contributed by atoms with Crippen molar-refractivity contribution < 1.29 is 0 Å². The summed E-state index contributed by atoms with van der Waals surface area (Å²) in [5, 5.41) is 1.45. The molecule has 2 nitrogen and oxygen atoms in total. The highest BCUT2D eigenvalue weighted by molar-refractivity contribution is 5.86. The van der Waals surface area contributed by atoms with Crippen molar-refractivity contribution in [3.8, 4) is 0 Å². The van der Waals surface area contributed by atoms with Gasteiger partial charge < -0.3 is 4.57 Å². The van der Waals surface area contributed by atoms with Crippen LogP contribution in [0.5, 0.6) is 0 Å². The molecule has 3 rings (SSSR count). The topological polar surface area (TPSA) is 8.17 Å². The van der Waals surface area contributed by atoms with Crippen molar-refractivity contribution in [2.45, 2.75) is 52.6 Å². The molecule has 1 aliphatic heterocycles. The van der Waals surface area contributed by atoms with Crippen LogP contribution in [0, 0.1) is 6.92 Å². The van der Waals surface area contributed by atoms with E-state index >= 15 is 0 Å². The average molecular weight is 270 g/mol. The second-order valence-electron chi connectivity index (χ2n) is 6.46. The molecule has 0 atom stereocenters. The van der Waals surface area contributed by atoms with Gasteiger partial charge >= 0.3 is 0 Å². The molecule has 108 valence electrons. The van der Waals surface area contributed by atoms with Gasteiger partial charge in [-0.15, -0.1) is 0 Å². The van der Waals surface area contributed by atoms with Gasteiger partial charge in [0.25, 0.3) is 0 Å². The Morgan fingerprint density at radius 2 is 1.85 bits per heavy atom. The van der Waals surface area contributed by atoms with E-state index in [2.05, 4.69) is 54.6 Å². The van der Waals surface area contributed by atoms with E-state index in [9.17, 15) is 0 Å². The van der Waals surface area contributed by atoms with Gasteiger partial charge in [-0.3, -0.25) is 4.90 Å². The van der Waals surface area contributed by atoms with Gasteiger partial charge in [0.2, 0.25) is 0 Å². The van der Waals surface area contributed by atoms with E-state index < -0.39 is 0 Å². The molecule has 1 aromatic heterocycles. The number of para-hydroxylation sites is 1. The first-order valence-electron chi connectivity index (χ1n) is 7.98. The number of hydrogen-bond donors (Lipinski definition) is 0. The molecule has 1 aromatic carbocycles. The first kappa shape index (κ1) is 13.7. The fraction of sp³-hybridized carbons (Fsp3) is 0.556. The lowest BCUT2D eigenvalue weighted by Crippen LogP contribution is -2.28. The van der Waals surface area contributed by atoms with Crippen molar-refractivity contribution in [2.75, 3.05) is 13.1 Å². The fourth-order valence-corrected chi connectivity index (χ4v) is 3.45. The third-order valence-electron chi connectivity index (χ3n) is 4.54. The van der Waals surface area contributed by atoms with E-state index in [1.165, 1.54) is 54.4 Å². The highest BCUT2D eigenvalue weighted by atomic mass is 15.1. The minimum atomic E-state index is 0.522. The standard InChI is InChI=1S/C18H26N2/c1-14(2)20-13-16(12-19-10-5-4-6-11-19)17-9-7-8-15(3)18(17)20/h7-9,13-14H,4-6,10-12H2,1-3H3. The molecule has 2 aromatic rings. The molecule has 0 radical (unpaired) electrons. The van der Waals surface area contributed by atoms with Crippen LogP contribution in [0.3, 0.4) is 0 Å². The van der Waals surface area contributed by atoms with Crippen LogP contribution in [0.1, 0.15) is 50.3 Å². The van der Waals surface area contributed by atoms with E-state index in [4.69, 9.17) is 0 Å². The van der Waals surface area contributed by atoms with Gasteiger partial charge in [0, 0.05) is 24.2 Å². The first-order chi connectivity index (χ1) is 9.66. The molecule has 0 unspecified atom stereocenters. The highest BCUT2D eigenvalue weighted by Crippen LogP contribution is 2.28. The number of fused-ring (bicyclic) bond motifs is 1. The molecule has 0 N–H and O–H groups in total. The van der Waals surface area contributed by atoms with Crippen LogP contribution < -0.4 is 0 Å². The molecular formula is C18H26N2. The van der Waals surface area contributed by atoms with Crippen molar-refractivity contribution in [1.82, 2.24) is 9.47 Å². The summed E-state index contributed by atoms with van der Waals surface area (Å²) in [4.78, 5) is 2.62. The lowest BCUT2D eigenvalue weighted by atomic mass is 10.1. The SMILES string of the molecule is Cc1cccc2c(CN3CCCCC3)cn(C(C)C)c12. The highest BCUT2D eigenvalue weighted by Gasteiger charge is 2.16. The van der Waals surface area contributed by atoms with Crippen LogP contribution in [0.25, 0.3) is 10.9 Å². The van der Waals surface area contributed by atoms with Crippen molar-refractivity contribution >= 4 is 10.9 Å². The van der Waals surface area contributed by atoms with Gasteiger partial charge in [-0.2, -0.15) is 0 Å². The van der Waals surface area contributed by atoms with Crippen molar-refractivity contribution in [3.63, 3.8) is 0 Å². The maximum Gasteiger partial charge on any atom is 0.0515 e. The van der Waals surface area contributed by atoms with Gasteiger partial charge in [-0.05, 0) is 57.8 Å². The maximum atomic E-state index is 2.62. The molecule has 2 heterocycles. The molecule has 0 bridgehead atoms. The van der Waals surface area contributed by atoms with Gasteiger partial charge in [0.05, 0.1) is 5.52 Å². The summed E-state index contributed by atoms with van der Waals surface area (Å²) in [6.07, 6.45) is 6.52. The number of hydrogen-bond acceptors (Lipinski definition) is 1. The van der Waals surface area contributed by atoms with Crippen LogP contribution in [0.2, 0.25) is 0 Å². The lowest BCUT2D eigenvalue weighted by Gasteiger charge is -2.26. The predicted octanol–water partition coefficient (Wildman–Crippen LogP) is 4.52. The summed E-state index contributed by atoms with van der Waals surface area (Å²) in [7, 11) is 0. The second-order valence-corrected chi connectivity index (χ2v) is 6.46. The zero-order chi connectivity index (χ0) is 14.1. The molecule has 0 aliphatic carbocycles. The minimum absolute atomic E-state index is 0.522. The van der Waals surface area contributed by atoms with Crippen LogP contribution in [0.15, 0.2) is 24.4 Å². The second kappa shape index (κ2) is 5.61. The van der Waals surface area contributed by atoms with Crippen molar-refractivity contribution in [1.29, 1.82) is 0 Å². The Morgan fingerprint density at radius 1 is 1.10 bits per heavy atom. The van der Waals surface area contributed by atoms with Crippen molar-refractivity contribution in [3.05, 3.63) is 35.5 Å². The minimum Gasteiger partial charge on any atom is -0.344 e. The summed E-state index contributed by atoms with van der Waals surface area (Å²) in [5.74, 6) is 0. The van der Waals surface area contributed by atoms with E-state index in [0.717, 1.165) is 6.54 Å². The zero-order valence-electron chi connectivity index (χ0n) is 13.0. The molecule has 2 heteroatoms. The molecule has 0 spiro atoms. The maximum absolute atomic E-state index is 2.62. The number of piperidine rings is 1. The number of likely N-dealkylation sites (tertiary alicyclic amines) is 1.